The molecule has 2 aromatic rings. The summed E-state index contributed by atoms with van der Waals surface area (Å²) in [6.45, 7) is 6.36. The van der Waals surface area contributed by atoms with E-state index in [1.54, 1.807) is 6.08 Å². The van der Waals surface area contributed by atoms with Gasteiger partial charge in [-0.15, -0.1) is 6.58 Å². The summed E-state index contributed by atoms with van der Waals surface area (Å²) in [6, 6.07) is 13.9. The van der Waals surface area contributed by atoms with Crippen LogP contribution in [-0.2, 0) is 0 Å². The Morgan fingerprint density at radius 2 is 2.05 bits per heavy atom. The maximum atomic E-state index is 6.07. The van der Waals surface area contributed by atoms with Crippen LogP contribution in [0.25, 0.3) is 11.1 Å². The Bertz CT molecular complexity index is 668. The third-order valence-electron chi connectivity index (χ3n) is 3.12. The van der Waals surface area contributed by atoms with E-state index >= 15 is 0 Å². The average molecular weight is 317 g/mol. The molecule has 2 nitrogen and oxygen atoms in total. The molecule has 2 N–H and O–H groups in total. The van der Waals surface area contributed by atoms with Crippen molar-refractivity contribution in [1.29, 1.82) is 0 Å². The third-order valence-corrected chi connectivity index (χ3v) is 3.61. The first-order valence-corrected chi connectivity index (χ1v) is 7.41. The molecule has 0 amide bonds. The van der Waals surface area contributed by atoms with Crippen molar-refractivity contribution in [2.24, 2.45) is 0 Å². The van der Waals surface area contributed by atoms with Gasteiger partial charge in [0.25, 0.3) is 0 Å². The zero-order valence-corrected chi connectivity index (χ0v) is 13.4. The van der Waals surface area contributed by atoms with Crippen molar-refractivity contribution in [3.8, 4) is 11.1 Å². The van der Waals surface area contributed by atoms with E-state index in [1.165, 1.54) is 0 Å². The van der Waals surface area contributed by atoms with Crippen molar-refractivity contribution in [3.05, 3.63) is 65.7 Å². The van der Waals surface area contributed by atoms with Crippen LogP contribution in [0.5, 0.6) is 0 Å². The van der Waals surface area contributed by atoms with E-state index in [1.807, 2.05) is 36.4 Å². The van der Waals surface area contributed by atoms with Gasteiger partial charge in [0.05, 0.1) is 0 Å². The van der Waals surface area contributed by atoms with Gasteiger partial charge >= 0.3 is 0 Å². The monoisotopic (exact) mass is 316 g/mol. The van der Waals surface area contributed by atoms with E-state index in [4.69, 9.17) is 23.8 Å². The van der Waals surface area contributed by atoms with Gasteiger partial charge in [0.1, 0.15) is 0 Å². The smallest absolute Gasteiger partial charge is 0.171 e. The highest BCUT2D eigenvalue weighted by Gasteiger charge is 2.07. The Morgan fingerprint density at radius 3 is 2.76 bits per heavy atom. The Kier molecular flexibility index (Phi) is 5.37. The molecule has 2 aromatic carbocycles. The molecule has 0 fully saturated rings. The normalized spacial score (nSPS) is 10.0. The molecular weight excluding hydrogens is 300 g/mol. The van der Waals surface area contributed by atoms with Gasteiger partial charge < -0.3 is 10.6 Å². The first kappa shape index (κ1) is 15.5. The quantitative estimate of drug-likeness (QED) is 0.626. The zero-order chi connectivity index (χ0) is 15.2. The lowest BCUT2D eigenvalue weighted by atomic mass is 9.99. The average Bonchev–Trinajstić information content (AvgIpc) is 2.47. The van der Waals surface area contributed by atoms with E-state index in [0.29, 0.717) is 11.7 Å². The van der Waals surface area contributed by atoms with Gasteiger partial charge in [-0.25, -0.2) is 0 Å². The summed E-state index contributed by atoms with van der Waals surface area (Å²) >= 11 is 11.3. The van der Waals surface area contributed by atoms with Crippen LogP contribution in [0.1, 0.15) is 5.56 Å². The molecule has 0 atom stereocenters. The van der Waals surface area contributed by atoms with E-state index in [9.17, 15) is 0 Å². The standard InChI is InChI=1S/C17H17ClN2S/c1-3-10-19-17(21)20-16-9-5-8-15(12(16)2)13-6-4-7-14(18)11-13/h3-9,11H,1,10H2,2H3,(H2,19,20,21). The molecule has 0 aliphatic heterocycles. The molecule has 108 valence electrons. The van der Waals surface area contributed by atoms with Gasteiger partial charge in [0, 0.05) is 17.3 Å². The number of benzene rings is 2. The Hall–Kier alpha value is -1.84. The lowest BCUT2D eigenvalue weighted by Gasteiger charge is -2.14. The molecule has 21 heavy (non-hydrogen) atoms. The lowest BCUT2D eigenvalue weighted by molar-refractivity contribution is 1.06. The number of hydrogen-bond acceptors (Lipinski definition) is 1. The highest BCUT2D eigenvalue weighted by Crippen LogP contribution is 2.29. The Balaban J connectivity index is 2.28. The molecule has 0 aliphatic carbocycles. The summed E-state index contributed by atoms with van der Waals surface area (Å²) < 4.78 is 0. The minimum absolute atomic E-state index is 0.584. The predicted octanol–water partition coefficient (Wildman–Crippen LogP) is 4.79. The SMILES string of the molecule is C=CCNC(=S)Nc1cccc(-c2cccc(Cl)c2)c1C. The van der Waals surface area contributed by atoms with Gasteiger partial charge in [-0.1, -0.05) is 41.9 Å². The maximum Gasteiger partial charge on any atom is 0.171 e. The second kappa shape index (κ2) is 7.25. The summed E-state index contributed by atoms with van der Waals surface area (Å²) in [7, 11) is 0. The molecule has 4 heteroatoms. The van der Waals surface area contributed by atoms with E-state index in [0.717, 1.165) is 27.4 Å². The topological polar surface area (TPSA) is 24.1 Å². The van der Waals surface area contributed by atoms with E-state index in [-0.39, 0.29) is 0 Å². The molecule has 0 unspecified atom stereocenters. The van der Waals surface area contributed by atoms with Gasteiger partial charge in [0.15, 0.2) is 5.11 Å². The summed E-state index contributed by atoms with van der Waals surface area (Å²) in [5.41, 5.74) is 4.33. The first-order valence-electron chi connectivity index (χ1n) is 6.63. The minimum atomic E-state index is 0.584. The maximum absolute atomic E-state index is 6.07. The molecule has 0 saturated carbocycles. The van der Waals surface area contributed by atoms with Crippen LogP contribution in [0.4, 0.5) is 5.69 Å². The summed E-state index contributed by atoms with van der Waals surface area (Å²) in [5, 5.41) is 7.58. The number of nitrogens with one attached hydrogen (secondary N) is 2. The molecule has 0 bridgehead atoms. The third kappa shape index (κ3) is 4.06. The number of hydrogen-bond donors (Lipinski definition) is 2. The van der Waals surface area contributed by atoms with Crippen LogP contribution in [0.15, 0.2) is 55.1 Å². The van der Waals surface area contributed by atoms with Gasteiger partial charge in [-0.05, 0) is 54.0 Å². The van der Waals surface area contributed by atoms with Gasteiger partial charge in [-0.3, -0.25) is 0 Å². The highest BCUT2D eigenvalue weighted by molar-refractivity contribution is 7.80. The Morgan fingerprint density at radius 1 is 1.29 bits per heavy atom. The van der Waals surface area contributed by atoms with Gasteiger partial charge in [0.2, 0.25) is 0 Å². The molecule has 0 radical (unpaired) electrons. The summed E-state index contributed by atoms with van der Waals surface area (Å²) in [6.07, 6.45) is 1.77. The first-order chi connectivity index (χ1) is 10.1. The number of rotatable bonds is 4. The van der Waals surface area contributed by atoms with Crippen molar-refractivity contribution in [3.63, 3.8) is 0 Å². The lowest BCUT2D eigenvalue weighted by Crippen LogP contribution is -2.28. The van der Waals surface area contributed by atoms with E-state index in [2.05, 4.69) is 30.2 Å². The molecule has 2 rings (SSSR count). The van der Waals surface area contributed by atoms with Crippen LogP contribution in [0, 0.1) is 6.92 Å². The number of halogens is 1. The van der Waals surface area contributed by atoms with Gasteiger partial charge in [-0.2, -0.15) is 0 Å². The van der Waals surface area contributed by atoms with Crippen molar-refractivity contribution in [1.82, 2.24) is 5.32 Å². The van der Waals surface area contributed by atoms with Crippen molar-refractivity contribution in [2.45, 2.75) is 6.92 Å². The second-order valence-corrected chi connectivity index (χ2v) is 5.46. The highest BCUT2D eigenvalue weighted by atomic mass is 35.5. The second-order valence-electron chi connectivity index (χ2n) is 4.61. The fourth-order valence-corrected chi connectivity index (χ4v) is 2.45. The predicted molar refractivity (Wildman–Crippen MR) is 96.0 cm³/mol. The zero-order valence-electron chi connectivity index (χ0n) is 11.8. The molecule has 0 spiro atoms. The van der Waals surface area contributed by atoms with Crippen LogP contribution in [0.3, 0.4) is 0 Å². The number of thiocarbonyl (C=S) groups is 1. The molecule has 0 heterocycles. The molecule has 0 aromatic heterocycles. The van der Waals surface area contributed by atoms with Crippen molar-refractivity contribution < 1.29 is 0 Å². The summed E-state index contributed by atoms with van der Waals surface area (Å²) in [4.78, 5) is 0. The van der Waals surface area contributed by atoms with Crippen LogP contribution >= 0.6 is 23.8 Å². The van der Waals surface area contributed by atoms with Crippen molar-refractivity contribution >= 4 is 34.6 Å². The van der Waals surface area contributed by atoms with Crippen LogP contribution < -0.4 is 10.6 Å². The fraction of sp³-hybridized carbons (Fsp3) is 0.118. The summed E-state index contributed by atoms with van der Waals surface area (Å²) in [5.74, 6) is 0. The van der Waals surface area contributed by atoms with Crippen LogP contribution in [-0.4, -0.2) is 11.7 Å². The van der Waals surface area contributed by atoms with E-state index < -0.39 is 0 Å². The van der Waals surface area contributed by atoms with Crippen LogP contribution in [0.2, 0.25) is 5.02 Å². The fourth-order valence-electron chi connectivity index (χ4n) is 2.07. The molecular formula is C17H17ClN2S. The number of anilines is 1. The van der Waals surface area contributed by atoms with Crippen molar-refractivity contribution in [2.75, 3.05) is 11.9 Å². The Labute approximate surface area is 135 Å². The molecule has 0 saturated heterocycles. The molecule has 0 aliphatic rings. The largest absolute Gasteiger partial charge is 0.359 e. The minimum Gasteiger partial charge on any atom is -0.359 e.